The molecule has 0 aliphatic carbocycles. The van der Waals surface area contributed by atoms with Crippen LogP contribution in [-0.4, -0.2) is 6.54 Å². The van der Waals surface area contributed by atoms with Crippen LogP contribution in [0.2, 0.25) is 0 Å². The van der Waals surface area contributed by atoms with Crippen LogP contribution in [0.15, 0.2) is 42.5 Å². The molecule has 0 bridgehead atoms. The number of aryl methyl sites for hydroxylation is 2. The van der Waals surface area contributed by atoms with E-state index >= 15 is 0 Å². The summed E-state index contributed by atoms with van der Waals surface area (Å²) in [7, 11) is 0. The average molecular weight is 285 g/mol. The maximum atomic E-state index is 13.1. The summed E-state index contributed by atoms with van der Waals surface area (Å²) >= 11 is 0. The van der Waals surface area contributed by atoms with Crippen molar-refractivity contribution in [1.29, 1.82) is 0 Å². The predicted octanol–water partition coefficient (Wildman–Crippen LogP) is 4.73. The Hall–Kier alpha value is -1.67. The Bertz CT molecular complexity index is 575. The van der Waals surface area contributed by atoms with Crippen molar-refractivity contribution in [2.24, 2.45) is 0 Å². The Morgan fingerprint density at radius 1 is 1.05 bits per heavy atom. The maximum absolute atomic E-state index is 13.1. The molecule has 21 heavy (non-hydrogen) atoms. The molecule has 1 atom stereocenters. The highest BCUT2D eigenvalue weighted by Gasteiger charge is 2.08. The monoisotopic (exact) mass is 285 g/mol. The zero-order chi connectivity index (χ0) is 15.2. The first-order valence-corrected chi connectivity index (χ1v) is 7.65. The standard InChI is InChI=1S/C19H24FN/c1-4-19(17-7-5-14(2)6-8-17)21-12-11-16-9-10-18(20)13-15(16)3/h5-10,13,19,21H,4,11-12H2,1-3H3. The smallest absolute Gasteiger partial charge is 0.123 e. The molecule has 0 aliphatic rings. The van der Waals surface area contributed by atoms with E-state index in [1.807, 2.05) is 13.0 Å². The van der Waals surface area contributed by atoms with Crippen LogP contribution in [-0.2, 0) is 6.42 Å². The third kappa shape index (κ3) is 4.40. The van der Waals surface area contributed by atoms with Gasteiger partial charge in [-0.1, -0.05) is 42.8 Å². The molecular formula is C19H24FN. The fourth-order valence-electron chi connectivity index (χ4n) is 2.62. The Balaban J connectivity index is 1.93. The second-order valence-electron chi connectivity index (χ2n) is 5.65. The van der Waals surface area contributed by atoms with Crippen molar-refractivity contribution in [3.05, 3.63) is 70.5 Å². The van der Waals surface area contributed by atoms with E-state index in [1.54, 1.807) is 12.1 Å². The van der Waals surface area contributed by atoms with E-state index in [0.717, 1.165) is 24.9 Å². The third-order valence-corrected chi connectivity index (χ3v) is 3.98. The number of rotatable bonds is 6. The van der Waals surface area contributed by atoms with Crippen LogP contribution >= 0.6 is 0 Å². The molecule has 2 heteroatoms. The molecule has 2 aromatic carbocycles. The Labute approximate surface area is 127 Å². The maximum Gasteiger partial charge on any atom is 0.123 e. The van der Waals surface area contributed by atoms with Gasteiger partial charge in [-0.25, -0.2) is 4.39 Å². The molecule has 0 heterocycles. The van der Waals surface area contributed by atoms with E-state index in [9.17, 15) is 4.39 Å². The van der Waals surface area contributed by atoms with Crippen LogP contribution in [0.1, 0.15) is 41.6 Å². The minimum Gasteiger partial charge on any atom is -0.310 e. The molecule has 0 saturated carbocycles. The summed E-state index contributed by atoms with van der Waals surface area (Å²) in [5.74, 6) is -0.157. The molecule has 0 amide bonds. The molecule has 0 radical (unpaired) electrons. The number of nitrogens with one attached hydrogen (secondary N) is 1. The van der Waals surface area contributed by atoms with E-state index in [4.69, 9.17) is 0 Å². The van der Waals surface area contributed by atoms with Gasteiger partial charge in [-0.05, 0) is 62.1 Å². The normalized spacial score (nSPS) is 12.4. The van der Waals surface area contributed by atoms with Gasteiger partial charge in [-0.3, -0.25) is 0 Å². The Morgan fingerprint density at radius 2 is 1.76 bits per heavy atom. The van der Waals surface area contributed by atoms with Crippen LogP contribution in [0.3, 0.4) is 0 Å². The molecule has 1 unspecified atom stereocenters. The van der Waals surface area contributed by atoms with Crippen molar-refractivity contribution in [1.82, 2.24) is 5.32 Å². The topological polar surface area (TPSA) is 12.0 Å². The molecule has 0 saturated heterocycles. The van der Waals surface area contributed by atoms with E-state index in [2.05, 4.69) is 43.4 Å². The summed E-state index contributed by atoms with van der Waals surface area (Å²) in [5.41, 5.74) is 4.86. The Kier molecular flexibility index (Phi) is 5.51. The van der Waals surface area contributed by atoms with Gasteiger partial charge in [0.1, 0.15) is 5.82 Å². The molecule has 112 valence electrons. The summed E-state index contributed by atoms with van der Waals surface area (Å²) in [6, 6.07) is 14.1. The fraction of sp³-hybridized carbons (Fsp3) is 0.368. The fourth-order valence-corrected chi connectivity index (χ4v) is 2.62. The first-order chi connectivity index (χ1) is 10.1. The summed E-state index contributed by atoms with van der Waals surface area (Å²) in [5, 5.41) is 3.60. The van der Waals surface area contributed by atoms with Crippen molar-refractivity contribution in [3.63, 3.8) is 0 Å². The molecule has 1 N–H and O–H groups in total. The van der Waals surface area contributed by atoms with E-state index < -0.39 is 0 Å². The van der Waals surface area contributed by atoms with Crippen molar-refractivity contribution < 1.29 is 4.39 Å². The summed E-state index contributed by atoms with van der Waals surface area (Å²) < 4.78 is 13.1. The van der Waals surface area contributed by atoms with Gasteiger partial charge in [0.25, 0.3) is 0 Å². The van der Waals surface area contributed by atoms with Gasteiger partial charge in [0.15, 0.2) is 0 Å². The van der Waals surface area contributed by atoms with Gasteiger partial charge < -0.3 is 5.32 Å². The first kappa shape index (κ1) is 15.7. The van der Waals surface area contributed by atoms with Gasteiger partial charge in [-0.15, -0.1) is 0 Å². The number of hydrogen-bond donors (Lipinski definition) is 1. The predicted molar refractivity (Wildman–Crippen MR) is 87.1 cm³/mol. The van der Waals surface area contributed by atoms with Gasteiger partial charge in [0.05, 0.1) is 0 Å². The zero-order valence-electron chi connectivity index (χ0n) is 13.1. The van der Waals surface area contributed by atoms with Crippen LogP contribution in [0.5, 0.6) is 0 Å². The second kappa shape index (κ2) is 7.37. The molecule has 2 rings (SSSR count). The van der Waals surface area contributed by atoms with Gasteiger partial charge in [-0.2, -0.15) is 0 Å². The molecule has 0 aromatic heterocycles. The van der Waals surface area contributed by atoms with Crippen molar-refractivity contribution in [2.45, 2.75) is 39.7 Å². The largest absolute Gasteiger partial charge is 0.310 e. The third-order valence-electron chi connectivity index (χ3n) is 3.98. The minimum atomic E-state index is -0.157. The highest BCUT2D eigenvalue weighted by atomic mass is 19.1. The SMILES string of the molecule is CCC(NCCc1ccc(F)cc1C)c1ccc(C)cc1. The Morgan fingerprint density at radius 3 is 2.38 bits per heavy atom. The van der Waals surface area contributed by atoms with Crippen molar-refractivity contribution >= 4 is 0 Å². The van der Waals surface area contributed by atoms with Crippen LogP contribution in [0.4, 0.5) is 4.39 Å². The van der Waals surface area contributed by atoms with Crippen LogP contribution in [0.25, 0.3) is 0 Å². The quantitative estimate of drug-likeness (QED) is 0.809. The number of benzene rings is 2. The van der Waals surface area contributed by atoms with Crippen molar-refractivity contribution in [3.8, 4) is 0 Å². The van der Waals surface area contributed by atoms with E-state index in [0.29, 0.717) is 6.04 Å². The highest BCUT2D eigenvalue weighted by Crippen LogP contribution is 2.17. The lowest BCUT2D eigenvalue weighted by Crippen LogP contribution is -2.23. The van der Waals surface area contributed by atoms with E-state index in [-0.39, 0.29) is 5.82 Å². The molecule has 0 aliphatic heterocycles. The minimum absolute atomic E-state index is 0.157. The molecule has 2 aromatic rings. The number of halogens is 1. The van der Waals surface area contributed by atoms with E-state index in [1.165, 1.54) is 16.7 Å². The van der Waals surface area contributed by atoms with Crippen molar-refractivity contribution in [2.75, 3.05) is 6.54 Å². The zero-order valence-corrected chi connectivity index (χ0v) is 13.1. The van der Waals surface area contributed by atoms with Gasteiger partial charge in [0, 0.05) is 6.04 Å². The van der Waals surface area contributed by atoms with Crippen LogP contribution < -0.4 is 5.32 Å². The number of hydrogen-bond acceptors (Lipinski definition) is 1. The second-order valence-corrected chi connectivity index (χ2v) is 5.65. The van der Waals surface area contributed by atoms with Crippen LogP contribution in [0, 0.1) is 19.7 Å². The lowest BCUT2D eigenvalue weighted by molar-refractivity contribution is 0.522. The lowest BCUT2D eigenvalue weighted by Gasteiger charge is -2.18. The average Bonchev–Trinajstić information content (AvgIpc) is 2.47. The molecular weight excluding hydrogens is 261 g/mol. The molecule has 1 nitrogen and oxygen atoms in total. The molecule has 0 fully saturated rings. The summed E-state index contributed by atoms with van der Waals surface area (Å²) in [4.78, 5) is 0. The molecule has 0 spiro atoms. The lowest BCUT2D eigenvalue weighted by atomic mass is 10.0. The first-order valence-electron chi connectivity index (χ1n) is 7.65. The van der Waals surface area contributed by atoms with Gasteiger partial charge >= 0.3 is 0 Å². The van der Waals surface area contributed by atoms with Gasteiger partial charge in [0.2, 0.25) is 0 Å². The summed E-state index contributed by atoms with van der Waals surface area (Å²) in [6.07, 6.45) is 1.99. The summed E-state index contributed by atoms with van der Waals surface area (Å²) in [6.45, 7) is 7.17. The highest BCUT2D eigenvalue weighted by molar-refractivity contribution is 5.27.